The lowest BCUT2D eigenvalue weighted by Gasteiger charge is -2.12. The van der Waals surface area contributed by atoms with Gasteiger partial charge in [-0.15, -0.1) is 0 Å². The van der Waals surface area contributed by atoms with E-state index >= 15 is 0 Å². The van der Waals surface area contributed by atoms with Gasteiger partial charge in [-0.3, -0.25) is 0 Å². The van der Waals surface area contributed by atoms with Crippen molar-refractivity contribution < 1.29 is 0 Å². The Morgan fingerprint density at radius 2 is 2.12 bits per heavy atom. The molecule has 0 aromatic carbocycles. The van der Waals surface area contributed by atoms with Crippen molar-refractivity contribution in [1.82, 2.24) is 9.55 Å². The monoisotopic (exact) mass is 236 g/mol. The fourth-order valence-electron chi connectivity index (χ4n) is 1.85. The van der Waals surface area contributed by atoms with E-state index in [1.807, 2.05) is 6.20 Å². The molecule has 1 aliphatic rings. The maximum absolute atomic E-state index is 4.43. The van der Waals surface area contributed by atoms with Gasteiger partial charge in [-0.1, -0.05) is 25.5 Å². The Morgan fingerprint density at radius 3 is 2.88 bits per heavy atom. The molecule has 0 aliphatic carbocycles. The molecule has 1 aromatic heterocycles. The fourth-order valence-corrected chi connectivity index (χ4v) is 3.33. The lowest BCUT2D eigenvalue weighted by molar-refractivity contribution is 0.666. The van der Waals surface area contributed by atoms with E-state index in [2.05, 4.69) is 45.6 Å². The summed E-state index contributed by atoms with van der Waals surface area (Å²) in [5.41, 5.74) is 0. The molecule has 0 saturated heterocycles. The van der Waals surface area contributed by atoms with Gasteiger partial charge in [0.2, 0.25) is 0 Å². The summed E-state index contributed by atoms with van der Waals surface area (Å²) in [6.45, 7) is 3.34. The Balaban J connectivity index is 1.85. The normalized spacial score (nSPS) is 16.2. The Bertz CT molecular complexity index is 367. The third-order valence-corrected chi connectivity index (χ3v) is 4.65. The number of aryl methyl sites for hydroxylation is 2. The lowest BCUT2D eigenvalue weighted by atomic mass is 10.2. The van der Waals surface area contributed by atoms with E-state index in [1.165, 1.54) is 24.4 Å². The molecule has 2 heterocycles. The highest BCUT2D eigenvalue weighted by atomic mass is 32.2. The molecular weight excluding hydrogens is 216 g/mol. The average Bonchev–Trinajstić information content (AvgIpc) is 2.94. The van der Waals surface area contributed by atoms with Gasteiger partial charge >= 0.3 is 0 Å². The third-order valence-electron chi connectivity index (χ3n) is 2.82. The molecule has 0 N–H and O–H groups in total. The highest BCUT2D eigenvalue weighted by Crippen LogP contribution is 2.32. The van der Waals surface area contributed by atoms with Gasteiger partial charge in [-0.2, -0.15) is 0 Å². The van der Waals surface area contributed by atoms with Crippen LogP contribution in [0.15, 0.2) is 35.4 Å². The van der Waals surface area contributed by atoms with Crippen LogP contribution in [0.5, 0.6) is 0 Å². The topological polar surface area (TPSA) is 17.8 Å². The van der Waals surface area contributed by atoms with Crippen LogP contribution in [0.4, 0.5) is 0 Å². The Hall–Kier alpha value is -0.960. The molecule has 2 rings (SSSR count). The average molecular weight is 236 g/mol. The smallest absolute Gasteiger partial charge is 0.108 e. The van der Waals surface area contributed by atoms with E-state index in [1.54, 1.807) is 0 Å². The van der Waals surface area contributed by atoms with Crippen LogP contribution in [-0.4, -0.2) is 15.3 Å². The largest absolute Gasteiger partial charge is 0.334 e. The standard InChI is InChI=1S/C13H20N2S/c1-2-3-6-13-14-7-8-15(13)9-12-16-10-4-5-11-16/h4-5,7-8,10-11,16H,2-3,6,9,12H2,1H3. The number of hydrogen-bond donors (Lipinski definition) is 1. The molecule has 88 valence electrons. The predicted octanol–water partition coefficient (Wildman–Crippen LogP) is 3.27. The van der Waals surface area contributed by atoms with Gasteiger partial charge in [0.05, 0.1) is 0 Å². The van der Waals surface area contributed by atoms with Crippen LogP contribution in [0.2, 0.25) is 0 Å². The number of hydrogen-bond acceptors (Lipinski definition) is 1. The maximum atomic E-state index is 4.43. The molecule has 0 bridgehead atoms. The van der Waals surface area contributed by atoms with Gasteiger partial charge < -0.3 is 4.57 Å². The molecule has 16 heavy (non-hydrogen) atoms. The van der Waals surface area contributed by atoms with E-state index in [0.717, 1.165) is 13.0 Å². The van der Waals surface area contributed by atoms with Crippen molar-refractivity contribution in [2.45, 2.75) is 32.7 Å². The second-order valence-corrected chi connectivity index (χ2v) is 6.13. The number of allylic oxidation sites excluding steroid dienone is 2. The molecule has 0 fully saturated rings. The van der Waals surface area contributed by atoms with E-state index in [9.17, 15) is 0 Å². The first-order chi connectivity index (χ1) is 7.90. The minimum Gasteiger partial charge on any atom is -0.334 e. The number of unbranched alkanes of at least 4 members (excludes halogenated alkanes) is 1. The molecule has 0 amide bonds. The van der Waals surface area contributed by atoms with Gasteiger partial charge in [-0.05, 0) is 23.0 Å². The SMILES string of the molecule is CCCCc1nccn1CC[SH]1C=CC=C1. The number of thiol groups is 1. The van der Waals surface area contributed by atoms with Crippen LogP contribution in [-0.2, 0) is 13.0 Å². The number of nitrogens with zero attached hydrogens (tertiary/aromatic N) is 2. The minimum absolute atomic E-state index is 0.0151. The molecule has 0 spiro atoms. The van der Waals surface area contributed by atoms with Crippen molar-refractivity contribution in [1.29, 1.82) is 0 Å². The highest BCUT2D eigenvalue weighted by molar-refractivity contribution is 8.22. The van der Waals surface area contributed by atoms with Gasteiger partial charge in [0, 0.05) is 25.4 Å². The first kappa shape index (κ1) is 11.5. The second-order valence-electron chi connectivity index (χ2n) is 4.06. The Morgan fingerprint density at radius 1 is 1.31 bits per heavy atom. The zero-order valence-electron chi connectivity index (χ0n) is 9.84. The molecule has 1 aromatic rings. The van der Waals surface area contributed by atoms with Crippen LogP contribution in [0, 0.1) is 0 Å². The first-order valence-corrected chi connectivity index (χ1v) is 7.67. The highest BCUT2D eigenvalue weighted by Gasteiger charge is 2.04. The van der Waals surface area contributed by atoms with E-state index in [-0.39, 0.29) is 10.9 Å². The van der Waals surface area contributed by atoms with Crippen LogP contribution in [0.25, 0.3) is 0 Å². The van der Waals surface area contributed by atoms with Crippen molar-refractivity contribution in [3.63, 3.8) is 0 Å². The zero-order chi connectivity index (χ0) is 11.2. The van der Waals surface area contributed by atoms with Crippen molar-refractivity contribution in [2.24, 2.45) is 0 Å². The van der Waals surface area contributed by atoms with E-state index in [0.29, 0.717) is 0 Å². The first-order valence-electron chi connectivity index (χ1n) is 6.01. The molecule has 0 radical (unpaired) electrons. The van der Waals surface area contributed by atoms with Crippen molar-refractivity contribution in [3.8, 4) is 0 Å². The molecule has 1 aliphatic heterocycles. The van der Waals surface area contributed by atoms with Gasteiger partial charge in [0.15, 0.2) is 0 Å². The summed E-state index contributed by atoms with van der Waals surface area (Å²) in [7, 11) is 0.0151. The lowest BCUT2D eigenvalue weighted by Crippen LogP contribution is -2.06. The van der Waals surface area contributed by atoms with E-state index in [4.69, 9.17) is 0 Å². The summed E-state index contributed by atoms with van der Waals surface area (Å²) < 4.78 is 2.32. The summed E-state index contributed by atoms with van der Waals surface area (Å²) in [4.78, 5) is 4.43. The maximum Gasteiger partial charge on any atom is 0.108 e. The van der Waals surface area contributed by atoms with Crippen LogP contribution >= 0.6 is 10.9 Å². The van der Waals surface area contributed by atoms with E-state index < -0.39 is 0 Å². The Labute approximate surface area is 100 Å². The number of aromatic nitrogens is 2. The molecule has 0 unspecified atom stereocenters. The van der Waals surface area contributed by atoms with Crippen molar-refractivity contribution >= 4 is 10.9 Å². The molecule has 2 nitrogen and oxygen atoms in total. The fraction of sp³-hybridized carbons (Fsp3) is 0.462. The Kier molecular flexibility index (Phi) is 4.28. The van der Waals surface area contributed by atoms with Gasteiger partial charge in [0.1, 0.15) is 5.82 Å². The third kappa shape index (κ3) is 3.01. The number of rotatable bonds is 6. The summed E-state index contributed by atoms with van der Waals surface area (Å²) in [6, 6.07) is 0. The van der Waals surface area contributed by atoms with Gasteiger partial charge in [0.25, 0.3) is 0 Å². The summed E-state index contributed by atoms with van der Waals surface area (Å²) in [5, 5.41) is 4.66. The predicted molar refractivity (Wildman–Crippen MR) is 73.0 cm³/mol. The summed E-state index contributed by atoms with van der Waals surface area (Å²) in [5.74, 6) is 2.50. The second kappa shape index (κ2) is 5.94. The van der Waals surface area contributed by atoms with Crippen LogP contribution in [0.3, 0.4) is 0 Å². The van der Waals surface area contributed by atoms with Crippen molar-refractivity contribution in [2.75, 3.05) is 5.75 Å². The molecule has 3 heteroatoms. The van der Waals surface area contributed by atoms with Crippen LogP contribution in [0.1, 0.15) is 25.6 Å². The minimum atomic E-state index is 0.0151. The van der Waals surface area contributed by atoms with Crippen LogP contribution < -0.4 is 0 Å². The number of imidazole rings is 1. The summed E-state index contributed by atoms with van der Waals surface area (Å²) >= 11 is 0. The quantitative estimate of drug-likeness (QED) is 0.751. The van der Waals surface area contributed by atoms with Crippen molar-refractivity contribution in [3.05, 3.63) is 41.2 Å². The molecule has 0 atom stereocenters. The summed E-state index contributed by atoms with van der Waals surface area (Å²) in [6.07, 6.45) is 12.0. The zero-order valence-corrected chi connectivity index (χ0v) is 10.7. The molecule has 0 saturated carbocycles. The molecular formula is C13H20N2S. The van der Waals surface area contributed by atoms with Gasteiger partial charge in [-0.25, -0.2) is 15.9 Å².